The summed E-state index contributed by atoms with van der Waals surface area (Å²) in [5, 5.41) is 11.2. The largest absolute Gasteiger partial charge is 0.496 e. The lowest BCUT2D eigenvalue weighted by Gasteiger charge is -2.41. The number of aliphatic hydroxyl groups is 1. The van der Waals surface area contributed by atoms with E-state index in [4.69, 9.17) is 4.74 Å². The predicted octanol–water partition coefficient (Wildman–Crippen LogP) is 4.10. The molecule has 0 radical (unpaired) electrons. The van der Waals surface area contributed by atoms with Gasteiger partial charge < -0.3 is 9.84 Å². The van der Waals surface area contributed by atoms with Crippen LogP contribution in [0.3, 0.4) is 0 Å². The maximum absolute atomic E-state index is 11.2. The summed E-state index contributed by atoms with van der Waals surface area (Å²) in [6, 6.07) is 4.19. The highest BCUT2D eigenvalue weighted by atomic mass is 16.5. The van der Waals surface area contributed by atoms with Crippen molar-refractivity contribution in [3.8, 4) is 5.75 Å². The van der Waals surface area contributed by atoms with Crippen LogP contribution in [-0.4, -0.2) is 12.2 Å². The van der Waals surface area contributed by atoms with E-state index in [1.54, 1.807) is 7.11 Å². The van der Waals surface area contributed by atoms with Crippen LogP contribution in [0.5, 0.6) is 5.75 Å². The summed E-state index contributed by atoms with van der Waals surface area (Å²) in [6.07, 6.45) is 5.43. The zero-order valence-corrected chi connectivity index (χ0v) is 12.6. The maximum Gasteiger partial charge on any atom is 0.122 e. The van der Waals surface area contributed by atoms with Crippen molar-refractivity contribution in [3.63, 3.8) is 0 Å². The number of rotatable bonds is 3. The third kappa shape index (κ3) is 2.51. The Bertz CT molecular complexity index is 453. The molecule has 0 spiro atoms. The molecule has 1 N–H and O–H groups in total. The van der Waals surface area contributed by atoms with Gasteiger partial charge in [0.05, 0.1) is 12.7 Å². The molecule has 0 heterocycles. The Morgan fingerprint density at radius 2 is 2.00 bits per heavy atom. The molecule has 0 bridgehead atoms. The molecular formula is C17H26O2. The van der Waals surface area contributed by atoms with E-state index in [9.17, 15) is 5.11 Å². The normalized spacial score (nSPS) is 27.3. The second-order valence-corrected chi connectivity index (χ2v) is 5.91. The van der Waals surface area contributed by atoms with E-state index in [0.29, 0.717) is 5.92 Å². The van der Waals surface area contributed by atoms with E-state index in [1.807, 2.05) is 0 Å². The summed E-state index contributed by atoms with van der Waals surface area (Å²) < 4.78 is 5.37. The molecule has 19 heavy (non-hydrogen) atoms. The second-order valence-electron chi connectivity index (χ2n) is 5.91. The van der Waals surface area contributed by atoms with Gasteiger partial charge in [0.2, 0.25) is 0 Å². The van der Waals surface area contributed by atoms with Crippen LogP contribution in [0, 0.1) is 19.8 Å². The van der Waals surface area contributed by atoms with Gasteiger partial charge >= 0.3 is 0 Å². The highest BCUT2D eigenvalue weighted by molar-refractivity contribution is 5.44. The van der Waals surface area contributed by atoms with Crippen molar-refractivity contribution in [2.24, 2.45) is 5.92 Å². The van der Waals surface area contributed by atoms with E-state index >= 15 is 0 Å². The third-order valence-electron chi connectivity index (χ3n) is 4.74. The van der Waals surface area contributed by atoms with Gasteiger partial charge in [-0.1, -0.05) is 26.2 Å². The Morgan fingerprint density at radius 1 is 1.26 bits per heavy atom. The predicted molar refractivity (Wildman–Crippen MR) is 78.6 cm³/mol. The van der Waals surface area contributed by atoms with Crippen molar-refractivity contribution >= 4 is 0 Å². The summed E-state index contributed by atoms with van der Waals surface area (Å²) >= 11 is 0. The fourth-order valence-corrected chi connectivity index (χ4v) is 3.60. The molecule has 1 aliphatic rings. The molecule has 1 saturated carbocycles. The molecule has 2 nitrogen and oxygen atoms in total. The Labute approximate surface area is 116 Å². The van der Waals surface area contributed by atoms with Crippen molar-refractivity contribution in [2.45, 2.75) is 58.5 Å². The number of aryl methyl sites for hydroxylation is 2. The van der Waals surface area contributed by atoms with Gasteiger partial charge in [-0.2, -0.15) is 0 Å². The number of methoxy groups -OCH3 is 1. The fourth-order valence-electron chi connectivity index (χ4n) is 3.60. The number of ether oxygens (including phenoxy) is 1. The van der Waals surface area contributed by atoms with Gasteiger partial charge in [-0.25, -0.2) is 0 Å². The average Bonchev–Trinajstić information content (AvgIpc) is 2.41. The molecule has 1 aromatic carbocycles. The zero-order chi connectivity index (χ0) is 14.0. The van der Waals surface area contributed by atoms with Crippen molar-refractivity contribution in [3.05, 3.63) is 28.8 Å². The topological polar surface area (TPSA) is 29.5 Å². The monoisotopic (exact) mass is 262 g/mol. The molecule has 2 rings (SSSR count). The molecule has 2 atom stereocenters. The Morgan fingerprint density at radius 3 is 2.63 bits per heavy atom. The minimum atomic E-state index is -0.645. The zero-order valence-electron chi connectivity index (χ0n) is 12.6. The van der Waals surface area contributed by atoms with Gasteiger partial charge in [0.15, 0.2) is 0 Å². The van der Waals surface area contributed by atoms with Crippen molar-refractivity contribution < 1.29 is 9.84 Å². The van der Waals surface area contributed by atoms with E-state index in [2.05, 4.69) is 32.9 Å². The van der Waals surface area contributed by atoms with Crippen LogP contribution < -0.4 is 4.74 Å². The van der Waals surface area contributed by atoms with Gasteiger partial charge in [0, 0.05) is 0 Å². The van der Waals surface area contributed by atoms with E-state index in [0.717, 1.165) is 48.1 Å². The first-order valence-electron chi connectivity index (χ1n) is 7.41. The van der Waals surface area contributed by atoms with Crippen LogP contribution in [0.2, 0.25) is 0 Å². The van der Waals surface area contributed by atoms with Crippen LogP contribution in [-0.2, 0) is 5.60 Å². The van der Waals surface area contributed by atoms with E-state index in [1.165, 1.54) is 6.42 Å². The lowest BCUT2D eigenvalue weighted by Crippen LogP contribution is -2.38. The summed E-state index contributed by atoms with van der Waals surface area (Å²) in [5.41, 5.74) is 2.72. The molecule has 0 amide bonds. The lowest BCUT2D eigenvalue weighted by atomic mass is 9.69. The van der Waals surface area contributed by atoms with E-state index in [-0.39, 0.29) is 0 Å². The molecule has 1 fully saturated rings. The van der Waals surface area contributed by atoms with Crippen molar-refractivity contribution in [1.82, 2.24) is 0 Å². The molecule has 0 saturated heterocycles. The van der Waals surface area contributed by atoms with Gasteiger partial charge in [-0.15, -0.1) is 0 Å². The molecule has 2 heteroatoms. The average molecular weight is 262 g/mol. The minimum absolute atomic E-state index is 0.382. The first kappa shape index (κ1) is 14.4. The summed E-state index contributed by atoms with van der Waals surface area (Å²) in [6.45, 7) is 6.32. The quantitative estimate of drug-likeness (QED) is 0.888. The third-order valence-corrected chi connectivity index (χ3v) is 4.74. The lowest BCUT2D eigenvalue weighted by molar-refractivity contribution is -0.0562. The number of hydrogen-bond donors (Lipinski definition) is 1. The molecule has 1 aliphatic carbocycles. The Hall–Kier alpha value is -1.02. The van der Waals surface area contributed by atoms with Crippen molar-refractivity contribution in [1.29, 1.82) is 0 Å². The van der Waals surface area contributed by atoms with Crippen LogP contribution in [0.25, 0.3) is 0 Å². The summed E-state index contributed by atoms with van der Waals surface area (Å²) in [4.78, 5) is 0. The molecule has 2 unspecified atom stereocenters. The fraction of sp³-hybridized carbons (Fsp3) is 0.647. The second kappa shape index (κ2) is 5.54. The Balaban J connectivity index is 2.47. The summed E-state index contributed by atoms with van der Waals surface area (Å²) in [7, 11) is 1.70. The number of hydrogen-bond acceptors (Lipinski definition) is 2. The maximum atomic E-state index is 11.2. The SMILES string of the molecule is CCC1CCCCC1(O)c1cc(C)c(OC)cc1C. The van der Waals surface area contributed by atoms with Crippen LogP contribution in [0.4, 0.5) is 0 Å². The van der Waals surface area contributed by atoms with Crippen LogP contribution >= 0.6 is 0 Å². The standard InChI is InChI=1S/C17H26O2/c1-5-14-8-6-7-9-17(14,18)15-10-13(3)16(19-4)11-12(15)2/h10-11,14,18H,5-9H2,1-4H3. The van der Waals surface area contributed by atoms with Gasteiger partial charge in [-0.05, 0) is 61.4 Å². The first-order chi connectivity index (χ1) is 9.02. The molecule has 0 aromatic heterocycles. The smallest absolute Gasteiger partial charge is 0.122 e. The first-order valence-corrected chi connectivity index (χ1v) is 7.41. The highest BCUT2D eigenvalue weighted by Gasteiger charge is 2.40. The minimum Gasteiger partial charge on any atom is -0.496 e. The van der Waals surface area contributed by atoms with Crippen LogP contribution in [0.15, 0.2) is 12.1 Å². The molecular weight excluding hydrogens is 236 g/mol. The highest BCUT2D eigenvalue weighted by Crippen LogP contribution is 2.45. The van der Waals surface area contributed by atoms with Crippen LogP contribution in [0.1, 0.15) is 55.7 Å². The molecule has 0 aliphatic heterocycles. The van der Waals surface area contributed by atoms with Gasteiger partial charge in [-0.3, -0.25) is 0 Å². The van der Waals surface area contributed by atoms with E-state index < -0.39 is 5.60 Å². The van der Waals surface area contributed by atoms with Crippen molar-refractivity contribution in [2.75, 3.05) is 7.11 Å². The Kier molecular flexibility index (Phi) is 4.19. The number of benzene rings is 1. The molecule has 106 valence electrons. The summed E-state index contributed by atoms with van der Waals surface area (Å²) in [5.74, 6) is 1.29. The molecule has 1 aromatic rings. The van der Waals surface area contributed by atoms with Gasteiger partial charge in [0.1, 0.15) is 5.75 Å². The van der Waals surface area contributed by atoms with Gasteiger partial charge in [0.25, 0.3) is 0 Å².